The summed E-state index contributed by atoms with van der Waals surface area (Å²) >= 11 is 0. The van der Waals surface area contributed by atoms with Crippen molar-refractivity contribution in [3.8, 4) is 23.0 Å². The van der Waals surface area contributed by atoms with Crippen LogP contribution in [0.25, 0.3) is 0 Å². The summed E-state index contributed by atoms with van der Waals surface area (Å²) in [6, 6.07) is 13.2. The van der Waals surface area contributed by atoms with Crippen molar-refractivity contribution in [3.63, 3.8) is 0 Å². The fraction of sp³-hybridized carbons (Fsp3) is 0.435. The van der Waals surface area contributed by atoms with Crippen LogP contribution < -0.4 is 24.3 Å². The summed E-state index contributed by atoms with van der Waals surface area (Å²) in [6.45, 7) is 5.04. The fourth-order valence-electron chi connectivity index (χ4n) is 2.92. The molecule has 158 valence electrons. The summed E-state index contributed by atoms with van der Waals surface area (Å²) in [4.78, 5) is 12.5. The van der Waals surface area contributed by atoms with Gasteiger partial charge in [0.15, 0.2) is 17.6 Å². The molecule has 1 N–H and O–H groups in total. The van der Waals surface area contributed by atoms with E-state index in [1.807, 2.05) is 50.2 Å². The Morgan fingerprint density at radius 3 is 2.48 bits per heavy atom. The highest BCUT2D eigenvalue weighted by Crippen LogP contribution is 2.28. The molecule has 2 aromatic carbocycles. The zero-order chi connectivity index (χ0) is 21.1. The molecule has 1 amide bonds. The average molecular weight is 402 g/mol. The summed E-state index contributed by atoms with van der Waals surface area (Å²) in [5.41, 5.74) is 1.14. The maximum Gasteiger partial charge on any atom is 0.261 e. The first-order chi connectivity index (χ1) is 14.1. The number of hydrogen-bond donors (Lipinski definition) is 1. The van der Waals surface area contributed by atoms with E-state index in [9.17, 15) is 4.79 Å². The number of nitrogens with one attached hydrogen (secondary N) is 1. The van der Waals surface area contributed by atoms with Crippen LogP contribution in [0.4, 0.5) is 0 Å². The molecule has 0 aromatic heterocycles. The molecule has 6 heteroatoms. The normalized spacial score (nSPS) is 11.4. The summed E-state index contributed by atoms with van der Waals surface area (Å²) in [5.74, 6) is 2.68. The molecule has 0 radical (unpaired) electrons. The average Bonchev–Trinajstić information content (AvgIpc) is 2.76. The second-order valence-corrected chi connectivity index (χ2v) is 6.51. The Labute approximate surface area is 173 Å². The summed E-state index contributed by atoms with van der Waals surface area (Å²) in [5, 5.41) is 2.96. The zero-order valence-corrected chi connectivity index (χ0v) is 17.7. The molecule has 2 aromatic rings. The third-order valence-corrected chi connectivity index (χ3v) is 4.45. The third-order valence-electron chi connectivity index (χ3n) is 4.45. The van der Waals surface area contributed by atoms with Crippen molar-refractivity contribution in [2.45, 2.75) is 39.2 Å². The van der Waals surface area contributed by atoms with Crippen molar-refractivity contribution < 1.29 is 23.7 Å². The molecule has 6 nitrogen and oxygen atoms in total. The van der Waals surface area contributed by atoms with Crippen molar-refractivity contribution in [2.75, 3.05) is 27.4 Å². The van der Waals surface area contributed by atoms with Gasteiger partial charge in [-0.25, -0.2) is 0 Å². The van der Waals surface area contributed by atoms with Gasteiger partial charge in [-0.2, -0.15) is 0 Å². The molecule has 0 saturated heterocycles. The smallest absolute Gasteiger partial charge is 0.261 e. The van der Waals surface area contributed by atoms with E-state index in [0.29, 0.717) is 31.1 Å². The van der Waals surface area contributed by atoms with E-state index in [-0.39, 0.29) is 5.91 Å². The second-order valence-electron chi connectivity index (χ2n) is 6.51. The first-order valence-corrected chi connectivity index (χ1v) is 9.99. The Bertz CT molecular complexity index is 778. The number of ether oxygens (including phenoxy) is 4. The van der Waals surface area contributed by atoms with Crippen LogP contribution in [0.3, 0.4) is 0 Å². The lowest BCUT2D eigenvalue weighted by molar-refractivity contribution is -0.128. The molecule has 0 aliphatic heterocycles. The van der Waals surface area contributed by atoms with Crippen LogP contribution in [0.1, 0.15) is 32.3 Å². The Hall–Kier alpha value is -2.89. The molecule has 0 unspecified atom stereocenters. The lowest BCUT2D eigenvalue weighted by atomic mass is 10.1. The van der Waals surface area contributed by atoms with Gasteiger partial charge in [-0.15, -0.1) is 0 Å². The van der Waals surface area contributed by atoms with Gasteiger partial charge in [0.2, 0.25) is 0 Å². The standard InChI is InChI=1S/C23H31NO5/c1-5-20(29-19-11-7-10-18(16-19)26-3)23(25)24-14-8-9-17-12-13-21(28-6-2)22(15-17)27-4/h7,10-13,15-16,20H,5-6,8-9,14H2,1-4H3,(H,24,25)/t20-/m1/s1. The van der Waals surface area contributed by atoms with Crippen molar-refractivity contribution in [1.82, 2.24) is 5.32 Å². The predicted molar refractivity (Wildman–Crippen MR) is 113 cm³/mol. The van der Waals surface area contributed by atoms with Crippen LogP contribution in [0.2, 0.25) is 0 Å². The number of benzene rings is 2. The highest BCUT2D eigenvalue weighted by atomic mass is 16.5. The lowest BCUT2D eigenvalue weighted by Gasteiger charge is -2.17. The van der Waals surface area contributed by atoms with Crippen molar-refractivity contribution in [2.24, 2.45) is 0 Å². The third kappa shape index (κ3) is 6.89. The van der Waals surface area contributed by atoms with E-state index >= 15 is 0 Å². The van der Waals surface area contributed by atoms with E-state index in [0.717, 1.165) is 29.9 Å². The number of carbonyl (C=O) groups is 1. The predicted octanol–water partition coefficient (Wildman–Crippen LogP) is 4.01. The molecule has 0 heterocycles. The summed E-state index contributed by atoms with van der Waals surface area (Å²) < 4.78 is 21.9. The van der Waals surface area contributed by atoms with Gasteiger partial charge in [-0.3, -0.25) is 4.79 Å². The van der Waals surface area contributed by atoms with Gasteiger partial charge in [0, 0.05) is 12.6 Å². The number of carbonyl (C=O) groups excluding carboxylic acids is 1. The van der Waals surface area contributed by atoms with Crippen LogP contribution in [-0.4, -0.2) is 39.4 Å². The largest absolute Gasteiger partial charge is 0.497 e. The molecule has 1 atom stereocenters. The summed E-state index contributed by atoms with van der Waals surface area (Å²) in [6.07, 6.45) is 1.70. The van der Waals surface area contributed by atoms with Gasteiger partial charge in [-0.1, -0.05) is 19.1 Å². The molecular weight excluding hydrogens is 370 g/mol. The Balaban J connectivity index is 1.82. The van der Waals surface area contributed by atoms with Crippen LogP contribution in [0, 0.1) is 0 Å². The van der Waals surface area contributed by atoms with Crippen LogP contribution >= 0.6 is 0 Å². The number of methoxy groups -OCH3 is 2. The maximum atomic E-state index is 12.5. The number of aryl methyl sites for hydroxylation is 1. The first kappa shape index (κ1) is 22.4. The molecule has 29 heavy (non-hydrogen) atoms. The Morgan fingerprint density at radius 2 is 1.79 bits per heavy atom. The highest BCUT2D eigenvalue weighted by Gasteiger charge is 2.18. The van der Waals surface area contributed by atoms with Crippen molar-refractivity contribution in [3.05, 3.63) is 48.0 Å². The van der Waals surface area contributed by atoms with E-state index in [4.69, 9.17) is 18.9 Å². The topological polar surface area (TPSA) is 66.0 Å². The van der Waals surface area contributed by atoms with Gasteiger partial charge in [-0.05, 0) is 56.0 Å². The quantitative estimate of drug-likeness (QED) is 0.545. The van der Waals surface area contributed by atoms with Crippen molar-refractivity contribution in [1.29, 1.82) is 0 Å². The molecule has 2 rings (SSSR count). The lowest BCUT2D eigenvalue weighted by Crippen LogP contribution is -2.38. The van der Waals surface area contributed by atoms with Crippen molar-refractivity contribution >= 4 is 5.91 Å². The van der Waals surface area contributed by atoms with Crippen LogP contribution in [0.5, 0.6) is 23.0 Å². The Morgan fingerprint density at radius 1 is 1.00 bits per heavy atom. The number of rotatable bonds is 12. The second kappa shape index (κ2) is 11.8. The number of hydrogen-bond acceptors (Lipinski definition) is 5. The van der Waals surface area contributed by atoms with E-state index in [1.165, 1.54) is 0 Å². The molecule has 0 spiro atoms. The molecule has 0 aliphatic rings. The van der Waals surface area contributed by atoms with Gasteiger partial charge < -0.3 is 24.3 Å². The highest BCUT2D eigenvalue weighted by molar-refractivity contribution is 5.81. The minimum absolute atomic E-state index is 0.111. The van der Waals surface area contributed by atoms with Gasteiger partial charge in [0.1, 0.15) is 11.5 Å². The SMILES string of the molecule is CCOc1ccc(CCCNC(=O)[C@@H](CC)Oc2cccc(OC)c2)cc1OC. The maximum absolute atomic E-state index is 12.5. The summed E-state index contributed by atoms with van der Waals surface area (Å²) in [7, 11) is 3.23. The molecule has 0 fully saturated rings. The molecule has 0 saturated carbocycles. The Kier molecular flexibility index (Phi) is 9.15. The minimum atomic E-state index is -0.535. The molecular formula is C23H31NO5. The van der Waals surface area contributed by atoms with E-state index in [1.54, 1.807) is 20.3 Å². The monoisotopic (exact) mass is 401 g/mol. The van der Waals surface area contributed by atoms with Gasteiger partial charge in [0.25, 0.3) is 5.91 Å². The molecule has 0 bridgehead atoms. The van der Waals surface area contributed by atoms with Gasteiger partial charge >= 0.3 is 0 Å². The fourth-order valence-corrected chi connectivity index (χ4v) is 2.92. The van der Waals surface area contributed by atoms with E-state index < -0.39 is 6.10 Å². The van der Waals surface area contributed by atoms with Crippen LogP contribution in [-0.2, 0) is 11.2 Å². The number of amides is 1. The molecule has 0 aliphatic carbocycles. The van der Waals surface area contributed by atoms with Crippen LogP contribution in [0.15, 0.2) is 42.5 Å². The first-order valence-electron chi connectivity index (χ1n) is 9.99. The van der Waals surface area contributed by atoms with Gasteiger partial charge in [0.05, 0.1) is 20.8 Å². The van der Waals surface area contributed by atoms with E-state index in [2.05, 4.69) is 5.32 Å². The minimum Gasteiger partial charge on any atom is -0.497 e. The zero-order valence-electron chi connectivity index (χ0n) is 17.7.